The second-order valence-electron chi connectivity index (χ2n) is 5.91. The van der Waals surface area contributed by atoms with Gasteiger partial charge in [0.25, 0.3) is 0 Å². The van der Waals surface area contributed by atoms with Crippen LogP contribution in [0.1, 0.15) is 43.7 Å². The molecule has 0 radical (unpaired) electrons. The number of nitrogens with one attached hydrogen (secondary N) is 1. The van der Waals surface area contributed by atoms with Gasteiger partial charge in [-0.15, -0.1) is 0 Å². The minimum atomic E-state index is -3.64. The van der Waals surface area contributed by atoms with E-state index in [9.17, 15) is 12.8 Å². The normalized spacial score (nSPS) is 23.2. The first-order chi connectivity index (χ1) is 9.85. The van der Waals surface area contributed by atoms with Crippen LogP contribution in [0.15, 0.2) is 17.0 Å². The van der Waals surface area contributed by atoms with Crippen LogP contribution in [0, 0.1) is 18.7 Å². The highest BCUT2D eigenvalue weighted by Gasteiger charge is 2.27. The first-order valence-electron chi connectivity index (χ1n) is 7.36. The maximum atomic E-state index is 13.8. The van der Waals surface area contributed by atoms with Crippen molar-refractivity contribution in [3.05, 3.63) is 29.1 Å². The van der Waals surface area contributed by atoms with Crippen LogP contribution >= 0.6 is 0 Å². The van der Waals surface area contributed by atoms with Crippen molar-refractivity contribution in [3.8, 4) is 0 Å². The molecule has 2 rings (SSSR count). The lowest BCUT2D eigenvalue weighted by Crippen LogP contribution is -2.41. The molecule has 4 nitrogen and oxygen atoms in total. The fourth-order valence-electron chi connectivity index (χ4n) is 2.87. The van der Waals surface area contributed by atoms with Crippen molar-refractivity contribution in [3.63, 3.8) is 0 Å². The predicted octanol–water partition coefficient (Wildman–Crippen LogP) is 2.45. The third-order valence-electron chi connectivity index (χ3n) is 4.25. The van der Waals surface area contributed by atoms with Gasteiger partial charge in [0.05, 0.1) is 4.90 Å². The van der Waals surface area contributed by atoms with E-state index in [1.165, 1.54) is 12.1 Å². The molecule has 1 fully saturated rings. The second kappa shape index (κ2) is 6.42. The van der Waals surface area contributed by atoms with Crippen molar-refractivity contribution in [2.75, 3.05) is 0 Å². The van der Waals surface area contributed by atoms with Gasteiger partial charge in [0, 0.05) is 18.2 Å². The van der Waals surface area contributed by atoms with E-state index in [-0.39, 0.29) is 23.0 Å². The van der Waals surface area contributed by atoms with Crippen molar-refractivity contribution in [2.24, 2.45) is 11.7 Å². The van der Waals surface area contributed by atoms with Gasteiger partial charge in [-0.3, -0.25) is 0 Å². The van der Waals surface area contributed by atoms with Gasteiger partial charge in [0.2, 0.25) is 10.0 Å². The van der Waals surface area contributed by atoms with E-state index in [1.54, 1.807) is 6.92 Å². The topological polar surface area (TPSA) is 72.2 Å². The fourth-order valence-corrected chi connectivity index (χ4v) is 4.38. The molecule has 0 spiro atoms. The first kappa shape index (κ1) is 16.4. The summed E-state index contributed by atoms with van der Waals surface area (Å²) in [7, 11) is -3.64. The zero-order chi connectivity index (χ0) is 15.6. The van der Waals surface area contributed by atoms with Crippen molar-refractivity contribution in [1.29, 1.82) is 0 Å². The molecule has 0 bridgehead atoms. The molecule has 1 aliphatic rings. The number of halogens is 1. The average molecular weight is 314 g/mol. The Morgan fingerprint density at radius 1 is 1.33 bits per heavy atom. The summed E-state index contributed by atoms with van der Waals surface area (Å²) in [5, 5.41) is 0. The summed E-state index contributed by atoms with van der Waals surface area (Å²) >= 11 is 0. The van der Waals surface area contributed by atoms with Crippen LogP contribution in [0.25, 0.3) is 0 Å². The Morgan fingerprint density at radius 3 is 2.62 bits per heavy atom. The van der Waals surface area contributed by atoms with Crippen molar-refractivity contribution in [1.82, 2.24) is 4.72 Å². The van der Waals surface area contributed by atoms with E-state index >= 15 is 0 Å². The molecular formula is C15H23FN2O2S. The highest BCUT2D eigenvalue weighted by atomic mass is 32.2. The largest absolute Gasteiger partial charge is 0.326 e. The van der Waals surface area contributed by atoms with Crippen molar-refractivity contribution >= 4 is 10.0 Å². The second-order valence-corrected chi connectivity index (χ2v) is 7.62. The zero-order valence-electron chi connectivity index (χ0n) is 12.5. The Kier molecular flexibility index (Phi) is 5.01. The minimum absolute atomic E-state index is 0.0180. The van der Waals surface area contributed by atoms with E-state index < -0.39 is 15.8 Å². The van der Waals surface area contributed by atoms with Crippen LogP contribution in [-0.2, 0) is 16.6 Å². The van der Waals surface area contributed by atoms with Gasteiger partial charge in [0.15, 0.2) is 0 Å². The van der Waals surface area contributed by atoms with Crippen LogP contribution in [0.3, 0.4) is 0 Å². The van der Waals surface area contributed by atoms with Gasteiger partial charge in [-0.05, 0) is 43.4 Å². The smallest absolute Gasteiger partial charge is 0.240 e. The summed E-state index contributed by atoms with van der Waals surface area (Å²) in [6, 6.07) is 2.65. The highest BCUT2D eigenvalue weighted by Crippen LogP contribution is 2.26. The van der Waals surface area contributed by atoms with E-state index in [0.29, 0.717) is 11.5 Å². The molecule has 0 heterocycles. The van der Waals surface area contributed by atoms with Gasteiger partial charge in [0.1, 0.15) is 5.82 Å². The number of nitrogens with two attached hydrogens (primary N) is 1. The SMILES string of the molecule is Cc1cc(S(=O)(=O)NC2CCCCC2C)cc(CN)c1F. The molecule has 3 N–H and O–H groups in total. The Hall–Kier alpha value is -0.980. The average Bonchev–Trinajstić information content (AvgIpc) is 2.44. The lowest BCUT2D eigenvalue weighted by molar-refractivity contribution is 0.310. The molecule has 2 unspecified atom stereocenters. The van der Waals surface area contributed by atoms with Crippen LogP contribution in [0.2, 0.25) is 0 Å². The van der Waals surface area contributed by atoms with Crippen LogP contribution in [0.4, 0.5) is 4.39 Å². The molecule has 1 aromatic rings. The summed E-state index contributed by atoms with van der Waals surface area (Å²) in [6.07, 6.45) is 4.06. The molecule has 118 valence electrons. The molecule has 6 heteroatoms. The maximum Gasteiger partial charge on any atom is 0.240 e. The fraction of sp³-hybridized carbons (Fsp3) is 0.600. The maximum absolute atomic E-state index is 13.8. The third-order valence-corrected chi connectivity index (χ3v) is 5.72. The Labute approximate surface area is 126 Å². The molecule has 1 aromatic carbocycles. The minimum Gasteiger partial charge on any atom is -0.326 e. The van der Waals surface area contributed by atoms with Crippen LogP contribution in [-0.4, -0.2) is 14.5 Å². The molecule has 1 aliphatic carbocycles. The molecule has 0 amide bonds. The molecule has 21 heavy (non-hydrogen) atoms. The lowest BCUT2D eigenvalue weighted by Gasteiger charge is -2.29. The van der Waals surface area contributed by atoms with Gasteiger partial charge >= 0.3 is 0 Å². The summed E-state index contributed by atoms with van der Waals surface area (Å²) in [5.41, 5.74) is 6.01. The summed E-state index contributed by atoms with van der Waals surface area (Å²) < 4.78 is 41.6. The number of sulfonamides is 1. The zero-order valence-corrected chi connectivity index (χ0v) is 13.3. The van der Waals surface area contributed by atoms with Crippen molar-refractivity contribution < 1.29 is 12.8 Å². The first-order valence-corrected chi connectivity index (χ1v) is 8.85. The van der Waals surface area contributed by atoms with E-state index in [4.69, 9.17) is 5.73 Å². The number of aryl methyl sites for hydroxylation is 1. The number of hydrogen-bond acceptors (Lipinski definition) is 3. The quantitative estimate of drug-likeness (QED) is 0.896. The predicted molar refractivity (Wildman–Crippen MR) is 80.8 cm³/mol. The molecule has 0 saturated heterocycles. The third kappa shape index (κ3) is 3.62. The summed E-state index contributed by atoms with van der Waals surface area (Å²) in [4.78, 5) is 0.0969. The molecule has 1 saturated carbocycles. The van der Waals surface area contributed by atoms with Gasteiger partial charge < -0.3 is 5.73 Å². The van der Waals surface area contributed by atoms with E-state index in [0.717, 1.165) is 25.7 Å². The van der Waals surface area contributed by atoms with Gasteiger partial charge in [-0.2, -0.15) is 0 Å². The van der Waals surface area contributed by atoms with E-state index in [2.05, 4.69) is 11.6 Å². The number of hydrogen-bond donors (Lipinski definition) is 2. The Balaban J connectivity index is 2.29. The molecular weight excluding hydrogens is 291 g/mol. The number of benzene rings is 1. The Bertz CT molecular complexity index is 616. The summed E-state index contributed by atoms with van der Waals surface area (Å²) in [6.45, 7) is 3.60. The van der Waals surface area contributed by atoms with Gasteiger partial charge in [-0.25, -0.2) is 17.5 Å². The standard InChI is InChI=1S/C15H23FN2O2S/c1-10-5-3-4-6-14(10)18-21(19,20)13-7-11(2)15(16)12(8-13)9-17/h7-8,10,14,18H,3-6,9,17H2,1-2H3. The lowest BCUT2D eigenvalue weighted by atomic mass is 9.87. The molecule has 2 atom stereocenters. The van der Waals surface area contributed by atoms with Crippen molar-refractivity contribution in [2.45, 2.75) is 57.0 Å². The highest BCUT2D eigenvalue weighted by molar-refractivity contribution is 7.89. The molecule has 0 aromatic heterocycles. The monoisotopic (exact) mass is 314 g/mol. The van der Waals surface area contributed by atoms with Gasteiger partial charge in [-0.1, -0.05) is 19.8 Å². The Morgan fingerprint density at radius 2 is 2.00 bits per heavy atom. The number of rotatable bonds is 4. The molecule has 0 aliphatic heterocycles. The van der Waals surface area contributed by atoms with E-state index in [1.807, 2.05) is 0 Å². The summed E-state index contributed by atoms with van der Waals surface area (Å²) in [5.74, 6) is -0.105. The van der Waals surface area contributed by atoms with Crippen LogP contribution < -0.4 is 10.5 Å². The van der Waals surface area contributed by atoms with Crippen LogP contribution in [0.5, 0.6) is 0 Å².